The van der Waals surface area contributed by atoms with E-state index in [-0.39, 0.29) is 0 Å². The van der Waals surface area contributed by atoms with Crippen LogP contribution in [-0.4, -0.2) is 27.3 Å². The predicted molar refractivity (Wildman–Crippen MR) is 56.8 cm³/mol. The number of hydrogen-bond acceptors (Lipinski definition) is 4. The van der Waals surface area contributed by atoms with Crippen molar-refractivity contribution < 1.29 is 9.84 Å². The number of rotatable bonds is 4. The van der Waals surface area contributed by atoms with E-state index in [1.165, 1.54) is 0 Å². The van der Waals surface area contributed by atoms with Gasteiger partial charge < -0.3 is 9.84 Å². The minimum Gasteiger partial charge on any atom is -0.463 e. The molecule has 0 saturated heterocycles. The van der Waals surface area contributed by atoms with Gasteiger partial charge in [0.15, 0.2) is 0 Å². The van der Waals surface area contributed by atoms with Crippen LogP contribution < -0.4 is 4.74 Å². The summed E-state index contributed by atoms with van der Waals surface area (Å²) in [5.74, 6) is 0. The second-order valence-corrected chi connectivity index (χ2v) is 4.21. The fourth-order valence-corrected chi connectivity index (χ4v) is 1.09. The topological polar surface area (TPSA) is 55.2 Å². The van der Waals surface area contributed by atoms with Crippen molar-refractivity contribution in [1.29, 1.82) is 0 Å². The lowest BCUT2D eigenvalue weighted by molar-refractivity contribution is 0.0539. The molecule has 1 heterocycles. The minimum atomic E-state index is -0.717. The molecule has 0 spiro atoms. The van der Waals surface area contributed by atoms with Crippen LogP contribution in [0.2, 0.25) is 0 Å². The molecule has 83 valence electrons. The van der Waals surface area contributed by atoms with E-state index < -0.39 is 5.60 Å². The van der Waals surface area contributed by atoms with Gasteiger partial charge in [-0.15, -0.1) is 0 Å². The Morgan fingerprint density at radius 2 is 1.80 bits per heavy atom. The molecule has 0 unspecified atom stereocenters. The first-order valence-corrected chi connectivity index (χ1v) is 4.96. The summed E-state index contributed by atoms with van der Waals surface area (Å²) in [6.07, 6.45) is 0.549. The zero-order valence-electron chi connectivity index (χ0n) is 9.66. The Bertz CT molecular complexity index is 312. The highest BCUT2D eigenvalue weighted by molar-refractivity contribution is 5.09. The Labute approximate surface area is 90.3 Å². The Hall–Kier alpha value is -1.16. The van der Waals surface area contributed by atoms with Crippen LogP contribution in [0, 0.1) is 19.9 Å². The van der Waals surface area contributed by atoms with Crippen molar-refractivity contribution in [3.63, 3.8) is 0 Å². The minimum absolute atomic E-state index is 0.355. The maximum absolute atomic E-state index is 9.48. The molecule has 1 aromatic heterocycles. The van der Waals surface area contributed by atoms with E-state index in [1.807, 2.05) is 13.8 Å². The number of hydrogen-bond donors (Lipinski definition) is 1. The molecule has 0 aliphatic heterocycles. The fourth-order valence-electron chi connectivity index (χ4n) is 1.09. The van der Waals surface area contributed by atoms with Gasteiger partial charge in [-0.05, 0) is 27.7 Å². The van der Waals surface area contributed by atoms with Crippen molar-refractivity contribution in [1.82, 2.24) is 9.97 Å². The van der Waals surface area contributed by atoms with Crippen molar-refractivity contribution in [2.75, 3.05) is 6.61 Å². The van der Waals surface area contributed by atoms with Crippen molar-refractivity contribution in [2.24, 2.45) is 0 Å². The van der Waals surface area contributed by atoms with Crippen LogP contribution in [0.25, 0.3) is 0 Å². The highest BCUT2D eigenvalue weighted by Crippen LogP contribution is 2.10. The van der Waals surface area contributed by atoms with Crippen LogP contribution in [0.5, 0.6) is 6.01 Å². The van der Waals surface area contributed by atoms with Gasteiger partial charge in [0.05, 0.1) is 23.6 Å². The Morgan fingerprint density at radius 3 is 2.27 bits per heavy atom. The molecule has 1 radical (unpaired) electrons. The van der Waals surface area contributed by atoms with Gasteiger partial charge in [0.2, 0.25) is 0 Å². The van der Waals surface area contributed by atoms with Gasteiger partial charge in [0.1, 0.15) is 0 Å². The van der Waals surface area contributed by atoms with Gasteiger partial charge >= 0.3 is 6.01 Å². The van der Waals surface area contributed by atoms with E-state index in [0.717, 1.165) is 11.4 Å². The maximum Gasteiger partial charge on any atom is 0.316 e. The standard InChI is InChI=1S/C11H17N2O2/c1-8-7-9(2)13-10(12-8)15-6-5-11(3,4)14/h14H,5-6H2,1-4H3. The second kappa shape index (κ2) is 4.57. The molecule has 0 amide bonds. The molecule has 0 aliphatic carbocycles. The number of aryl methyl sites for hydroxylation is 2. The monoisotopic (exact) mass is 209 g/mol. The third-order valence-corrected chi connectivity index (χ3v) is 1.83. The highest BCUT2D eigenvalue weighted by Gasteiger charge is 2.12. The predicted octanol–water partition coefficient (Wildman–Crippen LogP) is 1.43. The first-order chi connectivity index (χ1) is 6.87. The molecule has 1 rings (SSSR count). The maximum atomic E-state index is 9.48. The molecular formula is C11H17N2O2. The molecule has 4 heteroatoms. The van der Waals surface area contributed by atoms with Gasteiger partial charge in [0, 0.05) is 12.5 Å². The van der Waals surface area contributed by atoms with Crippen LogP contribution in [0.4, 0.5) is 0 Å². The SMILES string of the molecule is Cc1[c]c(C)nc(OCCC(C)(C)O)n1. The fraction of sp³-hybridized carbons (Fsp3) is 0.636. The quantitative estimate of drug-likeness (QED) is 0.815. The molecule has 0 saturated carbocycles. The van der Waals surface area contributed by atoms with Crippen LogP contribution in [0.3, 0.4) is 0 Å². The molecule has 0 bridgehead atoms. The second-order valence-electron chi connectivity index (χ2n) is 4.21. The lowest BCUT2D eigenvalue weighted by atomic mass is 10.1. The van der Waals surface area contributed by atoms with Gasteiger partial charge in [-0.2, -0.15) is 9.97 Å². The molecule has 0 fully saturated rings. The summed E-state index contributed by atoms with van der Waals surface area (Å²) in [7, 11) is 0. The van der Waals surface area contributed by atoms with E-state index in [4.69, 9.17) is 4.74 Å². The molecule has 0 aromatic carbocycles. The van der Waals surface area contributed by atoms with Crippen LogP contribution >= 0.6 is 0 Å². The largest absolute Gasteiger partial charge is 0.463 e. The Kier molecular flexibility index (Phi) is 3.63. The molecule has 1 aromatic rings. The average molecular weight is 209 g/mol. The summed E-state index contributed by atoms with van der Waals surface area (Å²) in [5, 5.41) is 9.48. The Balaban J connectivity index is 2.51. The number of aliphatic hydroxyl groups is 1. The van der Waals surface area contributed by atoms with E-state index >= 15 is 0 Å². The first-order valence-electron chi connectivity index (χ1n) is 4.96. The van der Waals surface area contributed by atoms with E-state index in [1.54, 1.807) is 13.8 Å². The highest BCUT2D eigenvalue weighted by atomic mass is 16.5. The van der Waals surface area contributed by atoms with Gasteiger partial charge in [-0.1, -0.05) is 0 Å². The normalized spacial score (nSPS) is 11.5. The molecule has 1 N–H and O–H groups in total. The van der Waals surface area contributed by atoms with Crippen LogP contribution in [0.15, 0.2) is 0 Å². The van der Waals surface area contributed by atoms with Crippen LogP contribution in [0.1, 0.15) is 31.7 Å². The van der Waals surface area contributed by atoms with E-state index in [9.17, 15) is 5.11 Å². The molecular weight excluding hydrogens is 192 g/mol. The van der Waals surface area contributed by atoms with Crippen molar-refractivity contribution >= 4 is 0 Å². The van der Waals surface area contributed by atoms with Crippen molar-refractivity contribution in [3.05, 3.63) is 17.5 Å². The Morgan fingerprint density at radius 1 is 1.27 bits per heavy atom. The zero-order chi connectivity index (χ0) is 11.5. The number of ether oxygens (including phenoxy) is 1. The zero-order valence-corrected chi connectivity index (χ0v) is 9.66. The smallest absolute Gasteiger partial charge is 0.316 e. The summed E-state index contributed by atoms with van der Waals surface area (Å²) in [6, 6.07) is 3.32. The molecule has 0 aliphatic rings. The van der Waals surface area contributed by atoms with E-state index in [2.05, 4.69) is 16.0 Å². The number of aromatic nitrogens is 2. The number of nitrogens with zero attached hydrogens (tertiary/aromatic N) is 2. The lowest BCUT2D eigenvalue weighted by Crippen LogP contribution is -2.22. The molecule has 0 atom stereocenters. The van der Waals surface area contributed by atoms with Gasteiger partial charge in [-0.3, -0.25) is 0 Å². The average Bonchev–Trinajstić information content (AvgIpc) is 1.99. The van der Waals surface area contributed by atoms with E-state index in [0.29, 0.717) is 19.0 Å². The van der Waals surface area contributed by atoms with Crippen molar-refractivity contribution in [2.45, 2.75) is 39.7 Å². The summed E-state index contributed by atoms with van der Waals surface area (Å²) in [4.78, 5) is 8.17. The van der Waals surface area contributed by atoms with Crippen molar-refractivity contribution in [3.8, 4) is 6.01 Å². The van der Waals surface area contributed by atoms with Gasteiger partial charge in [0.25, 0.3) is 0 Å². The molecule has 4 nitrogen and oxygen atoms in total. The lowest BCUT2D eigenvalue weighted by Gasteiger charge is -2.16. The van der Waals surface area contributed by atoms with Gasteiger partial charge in [-0.25, -0.2) is 0 Å². The third-order valence-electron chi connectivity index (χ3n) is 1.83. The summed E-state index contributed by atoms with van der Waals surface area (Å²) >= 11 is 0. The summed E-state index contributed by atoms with van der Waals surface area (Å²) in [6.45, 7) is 7.58. The van der Waals surface area contributed by atoms with Crippen LogP contribution in [-0.2, 0) is 0 Å². The summed E-state index contributed by atoms with van der Waals surface area (Å²) in [5.41, 5.74) is 0.812. The summed E-state index contributed by atoms with van der Waals surface area (Å²) < 4.78 is 5.34. The first kappa shape index (κ1) is 11.9. The third kappa shape index (κ3) is 4.74. The molecule has 15 heavy (non-hydrogen) atoms.